The summed E-state index contributed by atoms with van der Waals surface area (Å²) >= 11 is 0. The molecule has 5 nitrogen and oxygen atoms in total. The zero-order chi connectivity index (χ0) is 15.2. The Bertz CT molecular complexity index is 309. The molecule has 2 atom stereocenters. The van der Waals surface area contributed by atoms with E-state index in [2.05, 4.69) is 17.1 Å². The first-order valence-corrected chi connectivity index (χ1v) is 7.66. The summed E-state index contributed by atoms with van der Waals surface area (Å²) in [4.78, 5) is 14.6. The molecule has 0 aliphatic carbocycles. The lowest BCUT2D eigenvalue weighted by Gasteiger charge is -2.35. The van der Waals surface area contributed by atoms with Crippen molar-refractivity contribution in [2.45, 2.75) is 58.7 Å². The van der Waals surface area contributed by atoms with Crippen molar-refractivity contribution in [3.63, 3.8) is 0 Å². The lowest BCUT2D eigenvalue weighted by atomic mass is 10.00. The molecule has 0 aromatic heterocycles. The van der Waals surface area contributed by atoms with E-state index in [1.54, 1.807) is 0 Å². The first-order valence-electron chi connectivity index (χ1n) is 7.66. The van der Waals surface area contributed by atoms with E-state index in [4.69, 9.17) is 9.47 Å². The van der Waals surface area contributed by atoms with E-state index in [1.165, 1.54) is 0 Å². The van der Waals surface area contributed by atoms with Crippen LogP contribution in [0, 0.1) is 0 Å². The third-order valence-corrected chi connectivity index (χ3v) is 3.41. The van der Waals surface area contributed by atoms with Crippen LogP contribution in [0.1, 0.15) is 41.0 Å². The van der Waals surface area contributed by atoms with E-state index in [1.807, 2.05) is 27.7 Å². The summed E-state index contributed by atoms with van der Waals surface area (Å²) in [6.07, 6.45) is 1.22. The number of carbonyl (C=O) groups excluding carboxylic acids is 1. The summed E-state index contributed by atoms with van der Waals surface area (Å²) in [5.74, 6) is -0.175. The molecule has 0 saturated carbocycles. The molecule has 118 valence electrons. The second-order valence-corrected chi connectivity index (χ2v) is 6.12. The Balaban J connectivity index is 2.74. The van der Waals surface area contributed by atoms with E-state index < -0.39 is 5.54 Å². The summed E-state index contributed by atoms with van der Waals surface area (Å²) in [7, 11) is 0. The van der Waals surface area contributed by atoms with Crippen molar-refractivity contribution in [1.82, 2.24) is 10.2 Å². The first-order chi connectivity index (χ1) is 9.37. The SMILES string of the molecule is CCOC(=O)C(C)(CN1CCCOC(C)C1)NC(C)C. The Morgan fingerprint density at radius 3 is 2.85 bits per heavy atom. The monoisotopic (exact) mass is 286 g/mol. The highest BCUT2D eigenvalue weighted by molar-refractivity contribution is 5.80. The third-order valence-electron chi connectivity index (χ3n) is 3.41. The number of carbonyl (C=O) groups is 1. The van der Waals surface area contributed by atoms with E-state index in [0.29, 0.717) is 13.2 Å². The van der Waals surface area contributed by atoms with Crippen molar-refractivity contribution in [1.29, 1.82) is 0 Å². The number of nitrogens with zero attached hydrogens (tertiary/aromatic N) is 1. The second kappa shape index (κ2) is 7.96. The molecule has 1 rings (SSSR count). The predicted octanol–water partition coefficient (Wildman–Crippen LogP) is 1.42. The average Bonchev–Trinajstić information content (AvgIpc) is 2.52. The van der Waals surface area contributed by atoms with Crippen LogP contribution in [0.3, 0.4) is 0 Å². The van der Waals surface area contributed by atoms with Gasteiger partial charge in [0.05, 0.1) is 12.7 Å². The van der Waals surface area contributed by atoms with Gasteiger partial charge < -0.3 is 9.47 Å². The first kappa shape index (κ1) is 17.4. The van der Waals surface area contributed by atoms with Crippen molar-refractivity contribution in [3.05, 3.63) is 0 Å². The van der Waals surface area contributed by atoms with E-state index in [-0.39, 0.29) is 18.1 Å². The summed E-state index contributed by atoms with van der Waals surface area (Å²) < 4.78 is 10.9. The molecular formula is C15H30N2O3. The van der Waals surface area contributed by atoms with Crippen molar-refractivity contribution in [3.8, 4) is 0 Å². The number of esters is 1. The van der Waals surface area contributed by atoms with Gasteiger partial charge in [0.2, 0.25) is 0 Å². The molecule has 1 fully saturated rings. The third kappa shape index (κ3) is 5.38. The molecule has 2 unspecified atom stereocenters. The van der Waals surface area contributed by atoms with Gasteiger partial charge in [0, 0.05) is 32.3 Å². The van der Waals surface area contributed by atoms with E-state index in [0.717, 1.165) is 26.1 Å². The predicted molar refractivity (Wildman–Crippen MR) is 79.8 cm³/mol. The maximum atomic E-state index is 12.3. The number of nitrogens with one attached hydrogen (secondary N) is 1. The van der Waals surface area contributed by atoms with Gasteiger partial charge in [-0.3, -0.25) is 15.0 Å². The van der Waals surface area contributed by atoms with Gasteiger partial charge >= 0.3 is 5.97 Å². The highest BCUT2D eigenvalue weighted by Crippen LogP contribution is 2.14. The molecule has 1 aliphatic heterocycles. The molecule has 20 heavy (non-hydrogen) atoms. The molecule has 5 heteroatoms. The smallest absolute Gasteiger partial charge is 0.327 e. The van der Waals surface area contributed by atoms with Gasteiger partial charge in [-0.25, -0.2) is 0 Å². The lowest BCUT2D eigenvalue weighted by molar-refractivity contribution is -0.151. The molecule has 0 aromatic rings. The van der Waals surface area contributed by atoms with Crippen LogP contribution in [0.5, 0.6) is 0 Å². The Labute approximate surface area is 123 Å². The fourth-order valence-electron chi connectivity index (χ4n) is 2.77. The summed E-state index contributed by atoms with van der Waals surface area (Å²) in [6.45, 7) is 13.6. The Morgan fingerprint density at radius 1 is 1.55 bits per heavy atom. The van der Waals surface area contributed by atoms with Gasteiger partial charge in [0.1, 0.15) is 5.54 Å². The lowest BCUT2D eigenvalue weighted by Crippen LogP contribution is -2.60. The molecule has 0 aromatic carbocycles. The number of rotatable bonds is 6. The van der Waals surface area contributed by atoms with Crippen LogP contribution < -0.4 is 5.32 Å². The maximum absolute atomic E-state index is 12.3. The minimum absolute atomic E-state index is 0.175. The summed E-state index contributed by atoms with van der Waals surface area (Å²) in [5, 5.41) is 3.37. The normalized spacial score (nSPS) is 24.2. The van der Waals surface area contributed by atoms with Gasteiger partial charge in [0.15, 0.2) is 0 Å². The Hall–Kier alpha value is -0.650. The summed E-state index contributed by atoms with van der Waals surface area (Å²) in [5.41, 5.74) is -0.672. The maximum Gasteiger partial charge on any atom is 0.327 e. The minimum Gasteiger partial charge on any atom is -0.465 e. The Morgan fingerprint density at radius 2 is 2.25 bits per heavy atom. The second-order valence-electron chi connectivity index (χ2n) is 6.12. The molecule has 1 aliphatic rings. The van der Waals surface area contributed by atoms with Crippen molar-refractivity contribution in [2.24, 2.45) is 0 Å². The van der Waals surface area contributed by atoms with Crippen molar-refractivity contribution in [2.75, 3.05) is 32.8 Å². The number of hydrogen-bond donors (Lipinski definition) is 1. The highest BCUT2D eigenvalue weighted by Gasteiger charge is 2.37. The molecular weight excluding hydrogens is 256 g/mol. The van der Waals surface area contributed by atoms with Crippen LogP contribution >= 0.6 is 0 Å². The largest absolute Gasteiger partial charge is 0.465 e. The van der Waals surface area contributed by atoms with Gasteiger partial charge in [-0.15, -0.1) is 0 Å². The standard InChI is InChI=1S/C15H30N2O3/c1-6-19-14(18)15(5,16-12(2)3)11-17-8-7-9-20-13(4)10-17/h12-13,16H,6-11H2,1-5H3. The van der Waals surface area contributed by atoms with Crippen LogP contribution in [-0.4, -0.2) is 61.4 Å². The Kier molecular flexibility index (Phi) is 6.92. The zero-order valence-corrected chi connectivity index (χ0v) is 13.6. The molecule has 0 radical (unpaired) electrons. The van der Waals surface area contributed by atoms with Crippen LogP contribution in [0.2, 0.25) is 0 Å². The van der Waals surface area contributed by atoms with Gasteiger partial charge in [-0.1, -0.05) is 0 Å². The van der Waals surface area contributed by atoms with Crippen LogP contribution in [0.15, 0.2) is 0 Å². The molecule has 1 heterocycles. The van der Waals surface area contributed by atoms with Crippen molar-refractivity contribution < 1.29 is 14.3 Å². The topological polar surface area (TPSA) is 50.8 Å². The van der Waals surface area contributed by atoms with E-state index >= 15 is 0 Å². The van der Waals surface area contributed by atoms with Gasteiger partial charge in [0.25, 0.3) is 0 Å². The molecule has 0 amide bonds. The van der Waals surface area contributed by atoms with Gasteiger partial charge in [-0.05, 0) is 41.0 Å². The zero-order valence-electron chi connectivity index (χ0n) is 13.6. The molecule has 1 N–H and O–H groups in total. The van der Waals surface area contributed by atoms with E-state index in [9.17, 15) is 4.79 Å². The van der Waals surface area contributed by atoms with Crippen LogP contribution in [0.25, 0.3) is 0 Å². The molecule has 0 spiro atoms. The molecule has 1 saturated heterocycles. The van der Waals surface area contributed by atoms with Crippen LogP contribution in [0.4, 0.5) is 0 Å². The van der Waals surface area contributed by atoms with Crippen molar-refractivity contribution >= 4 is 5.97 Å². The minimum atomic E-state index is -0.672. The quantitative estimate of drug-likeness (QED) is 0.748. The number of ether oxygens (including phenoxy) is 2. The summed E-state index contributed by atoms with van der Waals surface area (Å²) in [6, 6.07) is 0.227. The fraction of sp³-hybridized carbons (Fsp3) is 0.933. The van der Waals surface area contributed by atoms with Gasteiger partial charge in [-0.2, -0.15) is 0 Å². The van der Waals surface area contributed by atoms with Crippen LogP contribution in [-0.2, 0) is 14.3 Å². The highest BCUT2D eigenvalue weighted by atomic mass is 16.5. The number of hydrogen-bond acceptors (Lipinski definition) is 5. The fourth-order valence-corrected chi connectivity index (χ4v) is 2.77. The average molecular weight is 286 g/mol. The molecule has 0 bridgehead atoms.